The van der Waals surface area contributed by atoms with Crippen LogP contribution < -0.4 is 0 Å². The summed E-state index contributed by atoms with van der Waals surface area (Å²) in [4.78, 5) is 0. The smallest absolute Gasteiger partial charge is 0.156 e. The van der Waals surface area contributed by atoms with Crippen LogP contribution >= 0.6 is 0 Å². The van der Waals surface area contributed by atoms with E-state index in [0.29, 0.717) is 13.2 Å². The second-order valence-corrected chi connectivity index (χ2v) is 2.45. The molecule has 2 fully saturated rings. The monoisotopic (exact) mass is 130 g/mol. The van der Waals surface area contributed by atoms with Crippen LogP contribution in [0, 0.1) is 0 Å². The van der Waals surface area contributed by atoms with Gasteiger partial charge in [-0.05, 0) is 6.92 Å². The molecule has 0 saturated carbocycles. The minimum absolute atomic E-state index is 0.0242. The van der Waals surface area contributed by atoms with Gasteiger partial charge in [-0.25, -0.2) is 0 Å². The molecule has 2 aliphatic rings. The van der Waals surface area contributed by atoms with E-state index in [0.717, 1.165) is 0 Å². The Morgan fingerprint density at radius 3 is 2.22 bits per heavy atom. The lowest BCUT2D eigenvalue weighted by molar-refractivity contribution is -0.0809. The third-order valence-electron chi connectivity index (χ3n) is 1.71. The van der Waals surface area contributed by atoms with E-state index in [4.69, 9.17) is 14.2 Å². The Labute approximate surface area is 53.9 Å². The molecule has 0 aromatic rings. The van der Waals surface area contributed by atoms with E-state index in [-0.39, 0.29) is 18.5 Å². The predicted molar refractivity (Wildman–Crippen MR) is 30.0 cm³/mol. The SMILES string of the molecule is CC1OC2COC[C@H]2O1. The molecular weight excluding hydrogens is 120 g/mol. The molecule has 0 amide bonds. The fourth-order valence-corrected chi connectivity index (χ4v) is 1.29. The highest BCUT2D eigenvalue weighted by Crippen LogP contribution is 2.23. The average molecular weight is 130 g/mol. The number of rotatable bonds is 0. The second-order valence-electron chi connectivity index (χ2n) is 2.45. The standard InChI is InChI=1S/C6H10O3/c1-4-8-5-2-7-3-6(5)9-4/h4-6H,2-3H2,1H3/t4?,5-,6?/m1/s1. The highest BCUT2D eigenvalue weighted by molar-refractivity contribution is 4.80. The van der Waals surface area contributed by atoms with Crippen LogP contribution in [0.2, 0.25) is 0 Å². The van der Waals surface area contributed by atoms with Crippen molar-refractivity contribution >= 4 is 0 Å². The average Bonchev–Trinajstić information content (AvgIpc) is 2.22. The van der Waals surface area contributed by atoms with Crippen LogP contribution in [0.1, 0.15) is 6.92 Å². The first-order valence-electron chi connectivity index (χ1n) is 3.25. The van der Waals surface area contributed by atoms with Gasteiger partial charge >= 0.3 is 0 Å². The predicted octanol–water partition coefficient (Wildman–Crippen LogP) is 0.147. The minimum Gasteiger partial charge on any atom is -0.376 e. The van der Waals surface area contributed by atoms with Crippen LogP contribution in [0.25, 0.3) is 0 Å². The lowest BCUT2D eigenvalue weighted by Gasteiger charge is -2.03. The molecule has 3 atom stereocenters. The van der Waals surface area contributed by atoms with E-state index >= 15 is 0 Å². The molecule has 2 aliphatic heterocycles. The summed E-state index contributed by atoms with van der Waals surface area (Å²) in [6.07, 6.45) is 0.392. The van der Waals surface area contributed by atoms with E-state index in [1.807, 2.05) is 6.92 Å². The lowest BCUT2D eigenvalue weighted by Crippen LogP contribution is -2.18. The number of fused-ring (bicyclic) bond motifs is 1. The lowest BCUT2D eigenvalue weighted by atomic mass is 10.3. The zero-order chi connectivity index (χ0) is 6.27. The molecule has 0 aromatic carbocycles. The van der Waals surface area contributed by atoms with Crippen LogP contribution in [-0.2, 0) is 14.2 Å². The van der Waals surface area contributed by atoms with Crippen molar-refractivity contribution in [3.63, 3.8) is 0 Å². The van der Waals surface area contributed by atoms with Crippen molar-refractivity contribution < 1.29 is 14.2 Å². The maximum atomic E-state index is 5.34. The first-order chi connectivity index (χ1) is 4.36. The fraction of sp³-hybridized carbons (Fsp3) is 1.00. The van der Waals surface area contributed by atoms with Gasteiger partial charge < -0.3 is 14.2 Å². The summed E-state index contributed by atoms with van der Waals surface area (Å²) in [5, 5.41) is 0. The third kappa shape index (κ3) is 0.852. The van der Waals surface area contributed by atoms with Gasteiger partial charge in [0.1, 0.15) is 12.2 Å². The van der Waals surface area contributed by atoms with E-state index in [1.54, 1.807) is 0 Å². The van der Waals surface area contributed by atoms with Gasteiger partial charge in [0.25, 0.3) is 0 Å². The van der Waals surface area contributed by atoms with Gasteiger partial charge in [0.2, 0.25) is 0 Å². The molecular formula is C6H10O3. The molecule has 0 bridgehead atoms. The normalized spacial score (nSPS) is 49.7. The zero-order valence-electron chi connectivity index (χ0n) is 5.37. The van der Waals surface area contributed by atoms with Crippen molar-refractivity contribution in [3.8, 4) is 0 Å². The topological polar surface area (TPSA) is 27.7 Å². The summed E-state index contributed by atoms with van der Waals surface area (Å²) in [7, 11) is 0. The molecule has 0 aliphatic carbocycles. The second kappa shape index (κ2) is 1.94. The van der Waals surface area contributed by atoms with E-state index in [1.165, 1.54) is 0 Å². The Bertz CT molecular complexity index is 103. The summed E-state index contributed by atoms with van der Waals surface area (Å²) in [5.74, 6) is 0. The first kappa shape index (κ1) is 5.65. The van der Waals surface area contributed by atoms with Crippen LogP contribution in [0.4, 0.5) is 0 Å². The number of hydrogen-bond acceptors (Lipinski definition) is 3. The van der Waals surface area contributed by atoms with E-state index in [2.05, 4.69) is 0 Å². The van der Waals surface area contributed by atoms with Crippen LogP contribution in [0.5, 0.6) is 0 Å². The van der Waals surface area contributed by atoms with Gasteiger partial charge in [0.15, 0.2) is 6.29 Å². The van der Waals surface area contributed by atoms with E-state index in [9.17, 15) is 0 Å². The highest BCUT2D eigenvalue weighted by Gasteiger charge is 2.38. The zero-order valence-corrected chi connectivity index (χ0v) is 5.37. The first-order valence-corrected chi connectivity index (χ1v) is 3.25. The molecule has 0 spiro atoms. The Morgan fingerprint density at radius 2 is 1.67 bits per heavy atom. The van der Waals surface area contributed by atoms with Crippen molar-refractivity contribution in [3.05, 3.63) is 0 Å². The Balaban J connectivity index is 2.02. The third-order valence-corrected chi connectivity index (χ3v) is 1.71. The van der Waals surface area contributed by atoms with Gasteiger partial charge in [-0.2, -0.15) is 0 Å². The quantitative estimate of drug-likeness (QED) is 0.467. The summed E-state index contributed by atoms with van der Waals surface area (Å²) >= 11 is 0. The van der Waals surface area contributed by atoms with Crippen molar-refractivity contribution in [2.24, 2.45) is 0 Å². The number of hydrogen-bond donors (Lipinski definition) is 0. The Morgan fingerprint density at radius 1 is 1.11 bits per heavy atom. The van der Waals surface area contributed by atoms with Gasteiger partial charge in [0, 0.05) is 0 Å². The maximum absolute atomic E-state index is 5.34. The van der Waals surface area contributed by atoms with Crippen LogP contribution in [0.15, 0.2) is 0 Å². The van der Waals surface area contributed by atoms with Crippen LogP contribution in [0.3, 0.4) is 0 Å². The highest BCUT2D eigenvalue weighted by atomic mass is 16.8. The van der Waals surface area contributed by atoms with Crippen molar-refractivity contribution in [1.29, 1.82) is 0 Å². The van der Waals surface area contributed by atoms with Gasteiger partial charge in [-0.3, -0.25) is 0 Å². The van der Waals surface area contributed by atoms with Gasteiger partial charge in [0.05, 0.1) is 13.2 Å². The molecule has 3 heteroatoms. The summed E-state index contributed by atoms with van der Waals surface area (Å²) in [6, 6.07) is 0. The molecule has 9 heavy (non-hydrogen) atoms. The van der Waals surface area contributed by atoms with E-state index < -0.39 is 0 Å². The summed E-state index contributed by atoms with van der Waals surface area (Å²) in [6.45, 7) is 3.32. The molecule has 2 saturated heterocycles. The van der Waals surface area contributed by atoms with Crippen LogP contribution in [-0.4, -0.2) is 31.7 Å². The van der Waals surface area contributed by atoms with Gasteiger partial charge in [-0.15, -0.1) is 0 Å². The Kier molecular flexibility index (Phi) is 1.22. The minimum atomic E-state index is -0.0242. The molecule has 0 radical (unpaired) electrons. The maximum Gasteiger partial charge on any atom is 0.156 e. The Hall–Kier alpha value is -0.120. The van der Waals surface area contributed by atoms with Crippen molar-refractivity contribution in [2.75, 3.05) is 13.2 Å². The molecule has 52 valence electrons. The van der Waals surface area contributed by atoms with Crippen molar-refractivity contribution in [1.82, 2.24) is 0 Å². The summed E-state index contributed by atoms with van der Waals surface area (Å²) in [5.41, 5.74) is 0. The van der Waals surface area contributed by atoms with Crippen molar-refractivity contribution in [2.45, 2.75) is 25.4 Å². The molecule has 0 aromatic heterocycles. The molecule has 2 rings (SSSR count). The number of ether oxygens (including phenoxy) is 3. The largest absolute Gasteiger partial charge is 0.376 e. The molecule has 0 N–H and O–H groups in total. The summed E-state index contributed by atoms with van der Waals surface area (Å²) < 4.78 is 15.8. The molecule has 2 unspecified atom stereocenters. The molecule has 2 heterocycles. The fourth-order valence-electron chi connectivity index (χ4n) is 1.29. The van der Waals surface area contributed by atoms with Gasteiger partial charge in [-0.1, -0.05) is 0 Å². The molecule has 3 nitrogen and oxygen atoms in total.